The van der Waals surface area contributed by atoms with Crippen LogP contribution < -0.4 is 0 Å². The Bertz CT molecular complexity index is 632. The summed E-state index contributed by atoms with van der Waals surface area (Å²) in [5.41, 5.74) is 2.08. The van der Waals surface area contributed by atoms with Crippen molar-refractivity contribution in [3.63, 3.8) is 0 Å². The van der Waals surface area contributed by atoms with Crippen molar-refractivity contribution < 1.29 is 9.53 Å². The number of unbranched alkanes of at least 4 members (excludes halogenated alkanes) is 2. The highest BCUT2D eigenvalue weighted by Crippen LogP contribution is 2.34. The Morgan fingerprint density at radius 3 is 2.79 bits per heavy atom. The molecular formula is C21H25NO2. The Balaban J connectivity index is 1.63. The van der Waals surface area contributed by atoms with Crippen molar-refractivity contribution in [1.82, 2.24) is 4.90 Å². The maximum Gasteiger partial charge on any atom is 0.415 e. The van der Waals surface area contributed by atoms with Gasteiger partial charge >= 0.3 is 6.09 Å². The summed E-state index contributed by atoms with van der Waals surface area (Å²) >= 11 is 0. The van der Waals surface area contributed by atoms with E-state index in [0.717, 1.165) is 24.1 Å². The van der Waals surface area contributed by atoms with Crippen LogP contribution >= 0.6 is 0 Å². The third-order valence-electron chi connectivity index (χ3n) is 4.74. The molecule has 1 aromatic rings. The van der Waals surface area contributed by atoms with Gasteiger partial charge in [0.1, 0.15) is 6.61 Å². The van der Waals surface area contributed by atoms with Gasteiger partial charge in [-0.1, -0.05) is 55.0 Å². The number of benzene rings is 1. The molecule has 3 heteroatoms. The maximum absolute atomic E-state index is 12.2. The lowest BCUT2D eigenvalue weighted by atomic mass is 9.93. The van der Waals surface area contributed by atoms with Crippen molar-refractivity contribution in [2.45, 2.75) is 38.1 Å². The molecule has 0 N–H and O–H groups in total. The highest BCUT2D eigenvalue weighted by Gasteiger charge is 2.36. The average molecular weight is 323 g/mol. The third-order valence-corrected chi connectivity index (χ3v) is 4.74. The molecule has 0 saturated carbocycles. The summed E-state index contributed by atoms with van der Waals surface area (Å²) in [5.74, 6) is 0.576. The number of carbonyl (C=O) groups is 1. The van der Waals surface area contributed by atoms with Crippen LogP contribution in [0.3, 0.4) is 0 Å². The zero-order valence-electron chi connectivity index (χ0n) is 14.1. The zero-order valence-corrected chi connectivity index (χ0v) is 14.1. The van der Waals surface area contributed by atoms with Gasteiger partial charge in [0.15, 0.2) is 0 Å². The molecule has 1 aliphatic carbocycles. The summed E-state index contributed by atoms with van der Waals surface area (Å²) in [4.78, 5) is 14.0. The first kappa shape index (κ1) is 16.6. The molecule has 2 aliphatic rings. The molecule has 1 amide bonds. The molecular weight excluding hydrogens is 298 g/mol. The molecule has 3 nitrogen and oxygen atoms in total. The summed E-state index contributed by atoms with van der Waals surface area (Å²) in [6.07, 6.45) is 14.0. The summed E-state index contributed by atoms with van der Waals surface area (Å²) in [6, 6.07) is 10.1. The van der Waals surface area contributed by atoms with Crippen LogP contribution in [-0.4, -0.2) is 17.6 Å². The van der Waals surface area contributed by atoms with Gasteiger partial charge in [0.05, 0.1) is 6.04 Å². The fourth-order valence-electron chi connectivity index (χ4n) is 3.37. The first-order valence-electron chi connectivity index (χ1n) is 8.80. The van der Waals surface area contributed by atoms with E-state index in [-0.39, 0.29) is 12.1 Å². The maximum atomic E-state index is 12.2. The van der Waals surface area contributed by atoms with Gasteiger partial charge in [-0.25, -0.2) is 4.79 Å². The van der Waals surface area contributed by atoms with Gasteiger partial charge < -0.3 is 4.74 Å². The second-order valence-corrected chi connectivity index (χ2v) is 6.43. The number of ether oxygens (including phenoxy) is 1. The average Bonchev–Trinajstić information content (AvgIpc) is 3.02. The van der Waals surface area contributed by atoms with Crippen LogP contribution in [0, 0.1) is 5.92 Å². The van der Waals surface area contributed by atoms with Crippen LogP contribution in [0.2, 0.25) is 0 Å². The summed E-state index contributed by atoms with van der Waals surface area (Å²) in [5, 5.41) is 0. The molecule has 1 unspecified atom stereocenters. The molecule has 0 radical (unpaired) electrons. The molecule has 1 heterocycles. The largest absolute Gasteiger partial charge is 0.447 e. The highest BCUT2D eigenvalue weighted by molar-refractivity contribution is 5.73. The van der Waals surface area contributed by atoms with E-state index in [4.69, 9.17) is 4.74 Å². The van der Waals surface area contributed by atoms with E-state index in [1.165, 1.54) is 19.3 Å². The topological polar surface area (TPSA) is 29.5 Å². The normalized spacial score (nSPS) is 23.1. The van der Waals surface area contributed by atoms with Gasteiger partial charge in [0, 0.05) is 5.70 Å². The van der Waals surface area contributed by atoms with Crippen LogP contribution in [0.5, 0.6) is 0 Å². The Kier molecular flexibility index (Phi) is 5.52. The van der Waals surface area contributed by atoms with E-state index in [9.17, 15) is 4.79 Å². The zero-order chi connectivity index (χ0) is 16.8. The van der Waals surface area contributed by atoms with Crippen molar-refractivity contribution in [3.05, 3.63) is 72.5 Å². The van der Waals surface area contributed by atoms with Crippen molar-refractivity contribution >= 4 is 6.09 Å². The fraction of sp³-hybridized carbons (Fsp3) is 0.381. The SMILES string of the molecule is C=CCCCCC1C=CC(N2C(=O)OC[C@H]2c2ccccc2)=CC1. The highest BCUT2D eigenvalue weighted by atomic mass is 16.6. The molecule has 1 aromatic carbocycles. The van der Waals surface area contributed by atoms with Crippen LogP contribution in [0.4, 0.5) is 4.79 Å². The van der Waals surface area contributed by atoms with Gasteiger partial charge in [-0.15, -0.1) is 6.58 Å². The van der Waals surface area contributed by atoms with Crippen LogP contribution in [0.15, 0.2) is 66.9 Å². The van der Waals surface area contributed by atoms with Gasteiger partial charge in [-0.05, 0) is 43.2 Å². The minimum Gasteiger partial charge on any atom is -0.447 e. The molecule has 1 aliphatic heterocycles. The predicted octanol–water partition coefficient (Wildman–Crippen LogP) is 5.39. The van der Waals surface area contributed by atoms with Gasteiger partial charge in [-0.2, -0.15) is 0 Å². The molecule has 0 aromatic heterocycles. The van der Waals surface area contributed by atoms with Crippen molar-refractivity contribution in [2.24, 2.45) is 5.92 Å². The summed E-state index contributed by atoms with van der Waals surface area (Å²) < 4.78 is 5.31. The number of hydrogen-bond donors (Lipinski definition) is 0. The first-order valence-corrected chi connectivity index (χ1v) is 8.80. The number of rotatable bonds is 7. The molecule has 0 spiro atoms. The number of allylic oxidation sites excluding steroid dienone is 4. The summed E-state index contributed by atoms with van der Waals surface area (Å²) in [7, 11) is 0. The molecule has 1 fully saturated rings. The van der Waals surface area contributed by atoms with Crippen LogP contribution in [-0.2, 0) is 4.74 Å². The molecule has 3 rings (SSSR count). The monoisotopic (exact) mass is 323 g/mol. The molecule has 1 saturated heterocycles. The lowest BCUT2D eigenvalue weighted by molar-refractivity contribution is 0.164. The van der Waals surface area contributed by atoms with Crippen molar-refractivity contribution in [3.8, 4) is 0 Å². The van der Waals surface area contributed by atoms with Crippen molar-refractivity contribution in [2.75, 3.05) is 6.61 Å². The first-order chi connectivity index (χ1) is 11.8. The van der Waals surface area contributed by atoms with Gasteiger partial charge in [0.25, 0.3) is 0 Å². The Labute approximate surface area is 144 Å². The number of carbonyl (C=O) groups excluding carboxylic acids is 1. The van der Waals surface area contributed by atoms with E-state index in [1.807, 2.05) is 24.3 Å². The quantitative estimate of drug-likeness (QED) is 0.497. The van der Waals surface area contributed by atoms with E-state index < -0.39 is 0 Å². The minimum atomic E-state index is -0.246. The second kappa shape index (κ2) is 8.00. The van der Waals surface area contributed by atoms with Crippen LogP contribution in [0.25, 0.3) is 0 Å². The Hall–Kier alpha value is -2.29. The molecule has 0 bridgehead atoms. The minimum absolute atomic E-state index is 0.0289. The number of cyclic esters (lactones) is 1. The Morgan fingerprint density at radius 1 is 1.25 bits per heavy atom. The number of nitrogens with zero attached hydrogens (tertiary/aromatic N) is 1. The summed E-state index contributed by atoms with van der Waals surface area (Å²) in [6.45, 7) is 4.18. The van der Waals surface area contributed by atoms with E-state index in [1.54, 1.807) is 4.90 Å². The van der Waals surface area contributed by atoms with E-state index >= 15 is 0 Å². The van der Waals surface area contributed by atoms with Crippen LogP contribution in [0.1, 0.15) is 43.7 Å². The number of hydrogen-bond acceptors (Lipinski definition) is 2. The Morgan fingerprint density at radius 2 is 2.08 bits per heavy atom. The van der Waals surface area contributed by atoms with E-state index in [2.05, 4.69) is 36.9 Å². The molecule has 126 valence electrons. The van der Waals surface area contributed by atoms with E-state index in [0.29, 0.717) is 12.5 Å². The standard InChI is InChI=1S/C21H25NO2/c1-2-3-4-6-9-17-12-14-19(15-13-17)22-20(16-24-21(22)23)18-10-7-5-8-11-18/h2,5,7-8,10-12,14-15,17,20H,1,3-4,6,9,13,16H2/t17?,20-/m0/s1. The van der Waals surface area contributed by atoms with Gasteiger partial charge in [0.2, 0.25) is 0 Å². The lowest BCUT2D eigenvalue weighted by Gasteiger charge is -2.26. The van der Waals surface area contributed by atoms with Crippen molar-refractivity contribution in [1.29, 1.82) is 0 Å². The fourth-order valence-corrected chi connectivity index (χ4v) is 3.37. The molecule has 2 atom stereocenters. The lowest BCUT2D eigenvalue weighted by Crippen LogP contribution is -2.27. The molecule has 24 heavy (non-hydrogen) atoms. The van der Waals surface area contributed by atoms with Gasteiger partial charge in [-0.3, -0.25) is 4.90 Å². The third kappa shape index (κ3) is 3.78. The second-order valence-electron chi connectivity index (χ2n) is 6.43. The smallest absolute Gasteiger partial charge is 0.415 e. The number of amides is 1. The predicted molar refractivity (Wildman–Crippen MR) is 96.4 cm³/mol.